The molecule has 2 amide bonds. The van der Waals surface area contributed by atoms with Gasteiger partial charge in [-0.05, 0) is 36.4 Å². The van der Waals surface area contributed by atoms with Gasteiger partial charge in [-0.15, -0.1) is 0 Å². The zero-order chi connectivity index (χ0) is 18.7. The molecule has 0 saturated carbocycles. The Labute approximate surface area is 156 Å². The Hall–Kier alpha value is -2.86. The van der Waals surface area contributed by atoms with Gasteiger partial charge in [-0.25, -0.2) is 4.98 Å². The Morgan fingerprint density at radius 2 is 1.96 bits per heavy atom. The number of aromatic nitrogens is 1. The van der Waals surface area contributed by atoms with E-state index in [0.717, 1.165) is 0 Å². The molecule has 3 rings (SSSR count). The molecule has 0 spiro atoms. The van der Waals surface area contributed by atoms with Crippen LogP contribution in [0, 0.1) is 0 Å². The largest absolute Gasteiger partial charge is 0.439 e. The molecule has 0 aliphatic carbocycles. The Balaban J connectivity index is 1.57. The van der Waals surface area contributed by atoms with Crippen molar-refractivity contribution in [1.29, 1.82) is 0 Å². The van der Waals surface area contributed by atoms with Gasteiger partial charge in [0.2, 0.25) is 11.8 Å². The number of amides is 2. The summed E-state index contributed by atoms with van der Waals surface area (Å²) in [5.41, 5.74) is 0.567. The second kappa shape index (κ2) is 7.58. The summed E-state index contributed by atoms with van der Waals surface area (Å²) in [7, 11) is 1.72. The van der Waals surface area contributed by atoms with E-state index < -0.39 is 0 Å². The minimum absolute atomic E-state index is 0.0306. The van der Waals surface area contributed by atoms with Crippen molar-refractivity contribution in [2.75, 3.05) is 20.1 Å². The lowest BCUT2D eigenvalue weighted by molar-refractivity contribution is -0.129. The first-order chi connectivity index (χ1) is 12.5. The minimum atomic E-state index is -0.139. The highest BCUT2D eigenvalue weighted by atomic mass is 35.5. The van der Waals surface area contributed by atoms with Crippen molar-refractivity contribution in [2.24, 2.45) is 0 Å². The number of rotatable bonds is 5. The van der Waals surface area contributed by atoms with Crippen molar-refractivity contribution in [3.63, 3.8) is 0 Å². The summed E-state index contributed by atoms with van der Waals surface area (Å²) in [6.07, 6.45) is 2.78. The van der Waals surface area contributed by atoms with Crippen LogP contribution in [0.25, 0.3) is 0 Å². The maximum Gasteiger partial charge on any atom is 0.254 e. The van der Waals surface area contributed by atoms with Gasteiger partial charge in [-0.3, -0.25) is 9.59 Å². The van der Waals surface area contributed by atoms with Crippen molar-refractivity contribution in [2.45, 2.75) is 6.04 Å². The number of ether oxygens (including phenoxy) is 1. The van der Waals surface area contributed by atoms with Gasteiger partial charge in [-0.1, -0.05) is 18.2 Å². The summed E-state index contributed by atoms with van der Waals surface area (Å²) in [4.78, 5) is 31.4. The molecule has 0 unspecified atom stereocenters. The topological polar surface area (TPSA) is 62.7 Å². The van der Waals surface area contributed by atoms with Gasteiger partial charge in [0.1, 0.15) is 5.75 Å². The number of hydrogen-bond donors (Lipinski definition) is 0. The molecule has 1 fully saturated rings. The van der Waals surface area contributed by atoms with Gasteiger partial charge in [0.15, 0.2) is 0 Å². The Bertz CT molecular complexity index is 815. The van der Waals surface area contributed by atoms with Gasteiger partial charge in [0.25, 0.3) is 5.91 Å². The number of pyridine rings is 1. The predicted octanol–water partition coefficient (Wildman–Crippen LogP) is 3.00. The zero-order valence-electron chi connectivity index (χ0n) is 14.3. The predicted molar refractivity (Wildman–Crippen MR) is 98.4 cm³/mol. The van der Waals surface area contributed by atoms with Crippen molar-refractivity contribution >= 4 is 23.4 Å². The number of carbonyl (C=O) groups excluding carboxylic acids is 2. The first kappa shape index (κ1) is 17.9. The summed E-state index contributed by atoms with van der Waals surface area (Å²) in [6.45, 7) is 4.50. The number of nitrogens with zero attached hydrogens (tertiary/aromatic N) is 3. The van der Waals surface area contributed by atoms with Crippen LogP contribution >= 0.6 is 11.6 Å². The van der Waals surface area contributed by atoms with Gasteiger partial charge in [0, 0.05) is 38.0 Å². The van der Waals surface area contributed by atoms with E-state index in [1.54, 1.807) is 53.2 Å². The van der Waals surface area contributed by atoms with Gasteiger partial charge in [0.05, 0.1) is 11.1 Å². The minimum Gasteiger partial charge on any atom is -0.439 e. The van der Waals surface area contributed by atoms with E-state index in [-0.39, 0.29) is 17.9 Å². The van der Waals surface area contributed by atoms with Gasteiger partial charge in [-0.2, -0.15) is 0 Å². The Kier molecular flexibility index (Phi) is 5.23. The van der Waals surface area contributed by atoms with Crippen LogP contribution in [0.1, 0.15) is 10.4 Å². The first-order valence-electron chi connectivity index (χ1n) is 8.06. The van der Waals surface area contributed by atoms with Crippen LogP contribution in [-0.4, -0.2) is 52.8 Å². The Morgan fingerprint density at radius 1 is 1.27 bits per heavy atom. The van der Waals surface area contributed by atoms with E-state index >= 15 is 0 Å². The van der Waals surface area contributed by atoms with Crippen LogP contribution in [0.5, 0.6) is 11.6 Å². The summed E-state index contributed by atoms with van der Waals surface area (Å²) >= 11 is 5.79. The van der Waals surface area contributed by atoms with Gasteiger partial charge < -0.3 is 14.5 Å². The number of hydrogen-bond acceptors (Lipinski definition) is 4. The maximum atomic E-state index is 12.5. The lowest BCUT2D eigenvalue weighted by Gasteiger charge is -2.43. The normalized spacial score (nSPS) is 13.7. The van der Waals surface area contributed by atoms with Crippen molar-refractivity contribution in [1.82, 2.24) is 14.8 Å². The van der Waals surface area contributed by atoms with E-state index in [9.17, 15) is 9.59 Å². The van der Waals surface area contributed by atoms with Crippen LogP contribution in [0.4, 0.5) is 0 Å². The zero-order valence-corrected chi connectivity index (χ0v) is 15.0. The van der Waals surface area contributed by atoms with Crippen molar-refractivity contribution in [3.05, 3.63) is 65.8 Å². The molecule has 2 heterocycles. The van der Waals surface area contributed by atoms with E-state index in [0.29, 0.717) is 35.3 Å². The average Bonchev–Trinajstić information content (AvgIpc) is 2.62. The lowest BCUT2D eigenvalue weighted by atomic mass is 10.0. The highest BCUT2D eigenvalue weighted by Crippen LogP contribution is 2.23. The van der Waals surface area contributed by atoms with Crippen molar-refractivity contribution < 1.29 is 14.3 Å². The second-order valence-electron chi connectivity index (χ2n) is 5.96. The number of carbonyl (C=O) groups is 2. The number of likely N-dealkylation sites (tertiary alicyclic amines) is 1. The first-order valence-corrected chi connectivity index (χ1v) is 8.43. The molecule has 2 aromatic rings. The molecular weight excluding hydrogens is 354 g/mol. The molecule has 1 aliphatic rings. The third-order valence-corrected chi connectivity index (χ3v) is 4.47. The molecular formula is C19H18ClN3O3. The summed E-state index contributed by atoms with van der Waals surface area (Å²) in [5, 5.41) is 0.534. The summed E-state index contributed by atoms with van der Waals surface area (Å²) in [5.74, 6) is 0.791. The highest BCUT2D eigenvalue weighted by Gasteiger charge is 2.35. The van der Waals surface area contributed by atoms with Crippen LogP contribution in [0.3, 0.4) is 0 Å². The summed E-state index contributed by atoms with van der Waals surface area (Å²) in [6, 6.07) is 10.2. The van der Waals surface area contributed by atoms with E-state index in [2.05, 4.69) is 11.6 Å². The molecule has 1 aromatic heterocycles. The van der Waals surface area contributed by atoms with E-state index in [1.165, 1.54) is 12.3 Å². The fourth-order valence-electron chi connectivity index (χ4n) is 2.58. The summed E-state index contributed by atoms with van der Waals surface area (Å²) < 4.78 is 5.61. The average molecular weight is 372 g/mol. The Morgan fingerprint density at radius 3 is 2.54 bits per heavy atom. The molecule has 0 N–H and O–H groups in total. The SMILES string of the molecule is C=CC(=O)N(C)C1CN(C(=O)c2ccc(Oc3ccc(Cl)cn3)cc2)C1. The van der Waals surface area contributed by atoms with Crippen LogP contribution < -0.4 is 4.74 Å². The quantitative estimate of drug-likeness (QED) is 0.758. The van der Waals surface area contributed by atoms with Gasteiger partial charge >= 0.3 is 0 Å². The molecule has 0 radical (unpaired) electrons. The lowest BCUT2D eigenvalue weighted by Crippen LogP contribution is -2.61. The van der Waals surface area contributed by atoms with E-state index in [4.69, 9.17) is 16.3 Å². The highest BCUT2D eigenvalue weighted by molar-refractivity contribution is 6.30. The molecule has 134 valence electrons. The third kappa shape index (κ3) is 3.86. The molecule has 1 saturated heterocycles. The molecule has 6 nitrogen and oxygen atoms in total. The molecule has 1 aromatic carbocycles. The standard InChI is InChI=1S/C19H18ClN3O3/c1-3-18(24)22(2)15-11-23(12-15)19(25)13-4-7-16(8-5-13)26-17-9-6-14(20)10-21-17/h3-10,15H,1,11-12H2,2H3. The number of likely N-dealkylation sites (N-methyl/N-ethyl adjacent to an activating group) is 1. The van der Waals surface area contributed by atoms with Crippen LogP contribution in [0.15, 0.2) is 55.3 Å². The monoisotopic (exact) mass is 371 g/mol. The van der Waals surface area contributed by atoms with Crippen LogP contribution in [-0.2, 0) is 4.79 Å². The number of halogens is 1. The molecule has 1 aliphatic heterocycles. The number of benzene rings is 1. The van der Waals surface area contributed by atoms with Crippen LogP contribution in [0.2, 0.25) is 5.02 Å². The molecule has 26 heavy (non-hydrogen) atoms. The molecule has 7 heteroatoms. The molecule has 0 bridgehead atoms. The fraction of sp³-hybridized carbons (Fsp3) is 0.211. The third-order valence-electron chi connectivity index (χ3n) is 4.24. The van der Waals surface area contributed by atoms with E-state index in [1.807, 2.05) is 0 Å². The second-order valence-corrected chi connectivity index (χ2v) is 6.39. The fourth-order valence-corrected chi connectivity index (χ4v) is 2.69. The maximum absolute atomic E-state index is 12.5. The van der Waals surface area contributed by atoms with Crippen molar-refractivity contribution in [3.8, 4) is 11.6 Å². The smallest absolute Gasteiger partial charge is 0.254 e. The molecule has 0 atom stereocenters.